The van der Waals surface area contributed by atoms with Crippen LogP contribution in [0.3, 0.4) is 0 Å². The number of oxime groups is 1. The first-order valence-corrected chi connectivity index (χ1v) is 8.47. The van der Waals surface area contributed by atoms with E-state index in [0.29, 0.717) is 28.3 Å². The predicted molar refractivity (Wildman–Crippen MR) is 92.9 cm³/mol. The number of alkyl halides is 3. The molecule has 0 N–H and O–H groups in total. The van der Waals surface area contributed by atoms with Crippen molar-refractivity contribution in [2.24, 2.45) is 12.2 Å². The highest BCUT2D eigenvalue weighted by atomic mass is 35.5. The molecule has 27 heavy (non-hydrogen) atoms. The number of nitrogens with zero attached hydrogens (tertiary/aromatic N) is 3. The minimum absolute atomic E-state index is 0.152. The fourth-order valence-electron chi connectivity index (χ4n) is 2.05. The van der Waals surface area contributed by atoms with E-state index >= 15 is 0 Å². The molecular weight excluding hydrogens is 413 g/mol. The van der Waals surface area contributed by atoms with Gasteiger partial charge in [-0.3, -0.25) is 0 Å². The van der Waals surface area contributed by atoms with Gasteiger partial charge in [0, 0.05) is 17.6 Å². The fourth-order valence-corrected chi connectivity index (χ4v) is 2.57. The molecule has 0 saturated heterocycles. The summed E-state index contributed by atoms with van der Waals surface area (Å²) in [5, 5.41) is 7.62. The molecule has 0 atom stereocenters. The van der Waals surface area contributed by atoms with Crippen LogP contribution in [0.5, 0.6) is 5.88 Å². The summed E-state index contributed by atoms with van der Waals surface area (Å²) < 4.78 is 58.2. The van der Waals surface area contributed by atoms with Crippen molar-refractivity contribution in [2.75, 3.05) is 13.2 Å². The Balaban J connectivity index is 2.30. The van der Waals surface area contributed by atoms with Crippen LogP contribution in [0.25, 0.3) is 0 Å². The van der Waals surface area contributed by atoms with Gasteiger partial charge >= 0.3 is 6.18 Å². The first-order chi connectivity index (χ1) is 12.6. The average molecular weight is 428 g/mol. The summed E-state index contributed by atoms with van der Waals surface area (Å²) in [5.41, 5.74) is -1.12. The number of aromatic nitrogens is 2. The first kappa shape index (κ1) is 21.3. The zero-order valence-electron chi connectivity index (χ0n) is 14.3. The maximum absolute atomic E-state index is 14.0. The number of halogens is 6. The molecule has 148 valence electrons. The van der Waals surface area contributed by atoms with E-state index < -0.39 is 30.2 Å². The summed E-state index contributed by atoms with van der Waals surface area (Å²) in [6.45, 7) is 1.76. The van der Waals surface area contributed by atoms with Crippen LogP contribution in [0.2, 0.25) is 10.0 Å². The second kappa shape index (κ2) is 8.79. The molecule has 0 aliphatic rings. The first-order valence-electron chi connectivity index (χ1n) is 7.71. The van der Waals surface area contributed by atoms with Crippen molar-refractivity contribution in [2.45, 2.75) is 19.5 Å². The maximum atomic E-state index is 14.0. The molecule has 0 fully saturated rings. The molecule has 0 spiro atoms. The lowest BCUT2D eigenvalue weighted by molar-refractivity contribution is -0.143. The molecule has 5 nitrogen and oxygen atoms in total. The third kappa shape index (κ3) is 5.26. The van der Waals surface area contributed by atoms with Crippen molar-refractivity contribution in [1.29, 1.82) is 0 Å². The van der Waals surface area contributed by atoms with Gasteiger partial charge in [-0.25, -0.2) is 4.68 Å². The topological polar surface area (TPSA) is 48.6 Å². The van der Waals surface area contributed by atoms with E-state index in [4.69, 9.17) is 32.8 Å². The molecule has 1 heterocycles. The van der Waals surface area contributed by atoms with E-state index in [1.54, 1.807) is 12.1 Å². The van der Waals surface area contributed by atoms with Crippen LogP contribution in [-0.2, 0) is 18.1 Å². The molecule has 1 aromatic heterocycles. The Morgan fingerprint density at radius 2 is 2.00 bits per heavy atom. The summed E-state index contributed by atoms with van der Waals surface area (Å²) in [7, 11) is 1.13. The fraction of sp³-hybridized carbons (Fsp3) is 0.375. The van der Waals surface area contributed by atoms with Crippen LogP contribution in [0.4, 0.5) is 17.6 Å². The third-order valence-corrected chi connectivity index (χ3v) is 3.81. The zero-order valence-corrected chi connectivity index (χ0v) is 15.8. The Morgan fingerprint density at radius 3 is 2.56 bits per heavy atom. The molecule has 0 aliphatic carbocycles. The summed E-state index contributed by atoms with van der Waals surface area (Å²) >= 11 is 12.0. The largest absolute Gasteiger partial charge is 0.469 e. The van der Waals surface area contributed by atoms with Crippen LogP contribution in [0, 0.1) is 5.82 Å². The Bertz CT molecular complexity index is 838. The van der Waals surface area contributed by atoms with Gasteiger partial charge in [0.2, 0.25) is 17.4 Å². The molecule has 2 aromatic rings. The molecule has 0 radical (unpaired) electrons. The number of hydrogen-bond acceptors (Lipinski definition) is 4. The highest BCUT2D eigenvalue weighted by molar-refractivity contribution is 6.37. The third-order valence-electron chi connectivity index (χ3n) is 3.27. The standard InChI is InChI=1S/C16H15Cl2F4N3O2/c1-3-6-27-24-12(10-5-4-9(17)7-11(10)18)8-26-15-13(19)14(16(20,21)22)23-25(15)2/h4-5,7H,3,6,8H2,1-2H3/b24-12-. The van der Waals surface area contributed by atoms with Gasteiger partial charge in [0.25, 0.3) is 0 Å². The summed E-state index contributed by atoms with van der Waals surface area (Å²) in [6, 6.07) is 4.55. The number of benzene rings is 1. The van der Waals surface area contributed by atoms with Crippen molar-refractivity contribution in [3.8, 4) is 5.88 Å². The molecular formula is C16H15Cl2F4N3O2. The number of rotatable bonds is 7. The molecule has 0 aliphatic heterocycles. The van der Waals surface area contributed by atoms with Gasteiger partial charge in [-0.15, -0.1) is 0 Å². The van der Waals surface area contributed by atoms with Crippen molar-refractivity contribution in [3.63, 3.8) is 0 Å². The molecule has 0 saturated carbocycles. The summed E-state index contributed by atoms with van der Waals surface area (Å²) in [5.74, 6) is -2.29. The van der Waals surface area contributed by atoms with E-state index in [9.17, 15) is 17.6 Å². The van der Waals surface area contributed by atoms with Crippen molar-refractivity contribution in [3.05, 3.63) is 45.3 Å². The highest BCUT2D eigenvalue weighted by Gasteiger charge is 2.40. The predicted octanol–water partition coefficient (Wildman–Crippen LogP) is 5.09. The smallest absolute Gasteiger partial charge is 0.438 e. The van der Waals surface area contributed by atoms with Crippen molar-refractivity contribution < 1.29 is 27.1 Å². The van der Waals surface area contributed by atoms with Gasteiger partial charge in [0.1, 0.15) is 18.9 Å². The lowest BCUT2D eigenvalue weighted by Gasteiger charge is -2.11. The number of aryl methyl sites for hydroxylation is 1. The average Bonchev–Trinajstić information content (AvgIpc) is 2.86. The second-order valence-corrected chi connectivity index (χ2v) is 6.22. The van der Waals surface area contributed by atoms with E-state index in [-0.39, 0.29) is 10.7 Å². The SMILES string of the molecule is CCCO/N=C(/COc1c(F)c(C(F)(F)F)nn1C)c1ccc(Cl)cc1Cl. The Labute approximate surface area is 162 Å². The number of hydrogen-bond donors (Lipinski definition) is 0. The van der Waals surface area contributed by atoms with Gasteiger partial charge in [-0.1, -0.05) is 35.3 Å². The molecule has 0 bridgehead atoms. The van der Waals surface area contributed by atoms with Crippen LogP contribution in [-0.4, -0.2) is 28.7 Å². The lowest BCUT2D eigenvalue weighted by atomic mass is 10.1. The maximum Gasteiger partial charge on any atom is 0.438 e. The van der Waals surface area contributed by atoms with E-state index in [1.807, 2.05) is 6.92 Å². The van der Waals surface area contributed by atoms with E-state index in [2.05, 4.69) is 10.3 Å². The van der Waals surface area contributed by atoms with Crippen LogP contribution in [0.1, 0.15) is 24.6 Å². The van der Waals surface area contributed by atoms with Crippen molar-refractivity contribution in [1.82, 2.24) is 9.78 Å². The number of ether oxygens (including phenoxy) is 1. The highest BCUT2D eigenvalue weighted by Crippen LogP contribution is 2.34. The lowest BCUT2D eigenvalue weighted by Crippen LogP contribution is -2.16. The molecule has 1 aromatic carbocycles. The van der Waals surface area contributed by atoms with Gasteiger partial charge in [-0.2, -0.15) is 22.7 Å². The van der Waals surface area contributed by atoms with E-state index in [1.165, 1.54) is 6.07 Å². The van der Waals surface area contributed by atoms with Crippen LogP contribution < -0.4 is 4.74 Å². The van der Waals surface area contributed by atoms with Gasteiger partial charge in [0.15, 0.2) is 0 Å². The quantitative estimate of drug-likeness (QED) is 0.267. The van der Waals surface area contributed by atoms with Gasteiger partial charge in [-0.05, 0) is 24.6 Å². The van der Waals surface area contributed by atoms with E-state index in [0.717, 1.165) is 7.05 Å². The summed E-state index contributed by atoms with van der Waals surface area (Å²) in [4.78, 5) is 5.11. The van der Waals surface area contributed by atoms with Gasteiger partial charge < -0.3 is 9.57 Å². The monoisotopic (exact) mass is 427 g/mol. The Morgan fingerprint density at radius 1 is 1.30 bits per heavy atom. The van der Waals surface area contributed by atoms with Crippen molar-refractivity contribution >= 4 is 28.9 Å². The minimum Gasteiger partial charge on any atom is -0.469 e. The summed E-state index contributed by atoms with van der Waals surface area (Å²) in [6.07, 6.45) is -4.26. The zero-order chi connectivity index (χ0) is 20.2. The normalized spacial score (nSPS) is 12.4. The Hall–Kier alpha value is -2.00. The second-order valence-electron chi connectivity index (χ2n) is 5.37. The van der Waals surface area contributed by atoms with Crippen LogP contribution >= 0.6 is 23.2 Å². The van der Waals surface area contributed by atoms with Crippen LogP contribution in [0.15, 0.2) is 23.4 Å². The molecule has 11 heteroatoms. The Kier molecular flexibility index (Phi) is 6.94. The van der Waals surface area contributed by atoms with Gasteiger partial charge in [0.05, 0.1) is 5.02 Å². The molecule has 0 amide bonds. The molecule has 0 unspecified atom stereocenters. The minimum atomic E-state index is -4.94. The molecule has 2 rings (SSSR count).